The highest BCUT2D eigenvalue weighted by Crippen LogP contribution is 2.22. The summed E-state index contributed by atoms with van der Waals surface area (Å²) in [6.45, 7) is 2.23. The number of nitrogens with zero attached hydrogens (tertiary/aromatic N) is 5. The van der Waals surface area contributed by atoms with Crippen LogP contribution in [0.2, 0.25) is 0 Å². The van der Waals surface area contributed by atoms with E-state index < -0.39 is 0 Å². The number of ether oxygens (including phenoxy) is 1. The molecule has 3 aromatic rings. The van der Waals surface area contributed by atoms with Crippen molar-refractivity contribution in [2.45, 2.75) is 19.3 Å². The first kappa shape index (κ1) is 16.4. The van der Waals surface area contributed by atoms with Crippen LogP contribution in [0.4, 0.5) is 0 Å². The quantitative estimate of drug-likeness (QED) is 0.681. The number of pyridine rings is 1. The van der Waals surface area contributed by atoms with Gasteiger partial charge in [0.1, 0.15) is 5.69 Å². The van der Waals surface area contributed by atoms with Crippen LogP contribution >= 0.6 is 0 Å². The highest BCUT2D eigenvalue weighted by Gasteiger charge is 2.33. The fraction of sp³-hybridized carbons (Fsp3) is 0.263. The molecule has 0 N–H and O–H groups in total. The molecule has 1 saturated heterocycles. The maximum atomic E-state index is 12.3. The van der Waals surface area contributed by atoms with Gasteiger partial charge in [-0.2, -0.15) is 0 Å². The number of likely N-dealkylation sites (tertiary alicyclic amines) is 1. The molecule has 7 nitrogen and oxygen atoms in total. The van der Waals surface area contributed by atoms with Crippen LogP contribution in [0.3, 0.4) is 0 Å². The third kappa shape index (κ3) is 3.62. The molecule has 0 saturated carbocycles. The van der Waals surface area contributed by atoms with Gasteiger partial charge in [-0.3, -0.25) is 9.78 Å². The summed E-state index contributed by atoms with van der Waals surface area (Å²) < 4.78 is 7.50. The maximum absolute atomic E-state index is 12.3. The Kier molecular flexibility index (Phi) is 4.70. The van der Waals surface area contributed by atoms with Gasteiger partial charge in [0.05, 0.1) is 25.5 Å². The summed E-state index contributed by atoms with van der Waals surface area (Å²) in [6, 6.07) is 13.6. The van der Waals surface area contributed by atoms with Crippen LogP contribution in [0.1, 0.15) is 27.7 Å². The summed E-state index contributed by atoms with van der Waals surface area (Å²) in [5.74, 6) is 0.0233. The van der Waals surface area contributed by atoms with Crippen molar-refractivity contribution >= 4 is 5.91 Å². The monoisotopic (exact) mass is 349 g/mol. The van der Waals surface area contributed by atoms with Crippen molar-refractivity contribution in [2.24, 2.45) is 0 Å². The predicted octanol–water partition coefficient (Wildman–Crippen LogP) is 2.09. The van der Waals surface area contributed by atoms with Crippen LogP contribution < -0.4 is 0 Å². The van der Waals surface area contributed by atoms with Crippen molar-refractivity contribution in [2.75, 3.05) is 13.1 Å². The zero-order chi connectivity index (χ0) is 17.8. The Morgan fingerprint density at radius 3 is 2.62 bits per heavy atom. The smallest absolute Gasteiger partial charge is 0.254 e. The first-order chi connectivity index (χ1) is 12.8. The molecule has 1 aliphatic heterocycles. The van der Waals surface area contributed by atoms with Crippen molar-refractivity contribution in [3.05, 3.63) is 77.9 Å². The molecule has 26 heavy (non-hydrogen) atoms. The van der Waals surface area contributed by atoms with Crippen molar-refractivity contribution in [3.8, 4) is 0 Å². The average molecular weight is 349 g/mol. The Morgan fingerprint density at radius 1 is 1.08 bits per heavy atom. The first-order valence-corrected chi connectivity index (χ1v) is 8.51. The van der Waals surface area contributed by atoms with Crippen molar-refractivity contribution in [3.63, 3.8) is 0 Å². The van der Waals surface area contributed by atoms with E-state index in [9.17, 15) is 4.79 Å². The minimum absolute atomic E-state index is 0.0233. The van der Waals surface area contributed by atoms with Gasteiger partial charge in [-0.15, -0.1) is 5.10 Å². The zero-order valence-electron chi connectivity index (χ0n) is 14.2. The lowest BCUT2D eigenvalue weighted by atomic mass is 10.1. The van der Waals surface area contributed by atoms with Crippen LogP contribution in [0, 0.1) is 0 Å². The Bertz CT molecular complexity index is 860. The number of hydrogen-bond donors (Lipinski definition) is 0. The van der Waals surface area contributed by atoms with Crippen molar-refractivity contribution in [1.82, 2.24) is 24.9 Å². The first-order valence-electron chi connectivity index (χ1n) is 8.51. The molecular weight excluding hydrogens is 330 g/mol. The minimum atomic E-state index is 0.0233. The lowest BCUT2D eigenvalue weighted by Crippen LogP contribution is -2.50. The van der Waals surface area contributed by atoms with E-state index in [0.717, 1.165) is 11.3 Å². The third-order valence-corrected chi connectivity index (χ3v) is 4.37. The Balaban J connectivity index is 1.26. The molecule has 0 unspecified atom stereocenters. The SMILES string of the molecule is O=C(c1ccncc1)N1CC(n2cc(COCc3ccccc3)nn2)C1. The molecule has 1 aromatic carbocycles. The van der Waals surface area contributed by atoms with Crippen LogP contribution in [0.25, 0.3) is 0 Å². The number of benzene rings is 1. The topological polar surface area (TPSA) is 73.1 Å². The molecular formula is C19H19N5O2. The van der Waals surface area contributed by atoms with Gasteiger partial charge in [0.25, 0.3) is 5.91 Å². The summed E-state index contributed by atoms with van der Waals surface area (Å²) in [5, 5.41) is 8.32. The molecule has 1 fully saturated rings. The Morgan fingerprint density at radius 2 is 1.85 bits per heavy atom. The Hall–Kier alpha value is -3.06. The number of aromatic nitrogens is 4. The van der Waals surface area contributed by atoms with E-state index in [2.05, 4.69) is 15.3 Å². The van der Waals surface area contributed by atoms with Gasteiger partial charge in [0.15, 0.2) is 0 Å². The molecule has 1 aliphatic rings. The van der Waals surface area contributed by atoms with Gasteiger partial charge < -0.3 is 9.64 Å². The van der Waals surface area contributed by atoms with E-state index in [1.807, 2.05) is 41.2 Å². The summed E-state index contributed by atoms with van der Waals surface area (Å²) in [7, 11) is 0. The lowest BCUT2D eigenvalue weighted by Gasteiger charge is -2.38. The molecule has 1 amide bonds. The van der Waals surface area contributed by atoms with E-state index in [1.165, 1.54) is 0 Å². The summed E-state index contributed by atoms with van der Waals surface area (Å²) >= 11 is 0. The third-order valence-electron chi connectivity index (χ3n) is 4.37. The molecule has 132 valence electrons. The standard InChI is InChI=1S/C19H19N5O2/c25-19(16-6-8-20-9-7-16)23-11-18(12-23)24-10-17(21-22-24)14-26-13-15-4-2-1-3-5-15/h1-10,18H,11-14H2. The molecule has 0 radical (unpaired) electrons. The number of carbonyl (C=O) groups is 1. The Labute approximate surface area is 151 Å². The maximum Gasteiger partial charge on any atom is 0.254 e. The predicted molar refractivity (Wildman–Crippen MR) is 94.1 cm³/mol. The van der Waals surface area contributed by atoms with Gasteiger partial charge in [0, 0.05) is 31.0 Å². The molecule has 0 bridgehead atoms. The summed E-state index contributed by atoms with van der Waals surface area (Å²) in [4.78, 5) is 18.1. The van der Waals surface area contributed by atoms with Gasteiger partial charge >= 0.3 is 0 Å². The second kappa shape index (κ2) is 7.45. The summed E-state index contributed by atoms with van der Waals surface area (Å²) in [6.07, 6.45) is 5.15. The van der Waals surface area contributed by atoms with Gasteiger partial charge in [-0.1, -0.05) is 35.5 Å². The average Bonchev–Trinajstić information content (AvgIpc) is 3.10. The molecule has 0 aliphatic carbocycles. The van der Waals surface area contributed by atoms with Crippen LogP contribution in [0.15, 0.2) is 61.1 Å². The fourth-order valence-corrected chi connectivity index (χ4v) is 2.87. The van der Waals surface area contributed by atoms with E-state index >= 15 is 0 Å². The number of amides is 1. The minimum Gasteiger partial charge on any atom is -0.370 e. The second-order valence-electron chi connectivity index (χ2n) is 6.27. The van der Waals surface area contributed by atoms with Crippen LogP contribution in [-0.2, 0) is 18.0 Å². The van der Waals surface area contributed by atoms with Crippen LogP contribution in [0.5, 0.6) is 0 Å². The second-order valence-corrected chi connectivity index (χ2v) is 6.27. The fourth-order valence-electron chi connectivity index (χ4n) is 2.87. The molecule has 2 aromatic heterocycles. The number of hydrogen-bond acceptors (Lipinski definition) is 5. The number of rotatable bonds is 6. The normalized spacial score (nSPS) is 14.2. The van der Waals surface area contributed by atoms with Gasteiger partial charge in [-0.25, -0.2) is 4.68 Å². The molecule has 7 heteroatoms. The van der Waals surface area contributed by atoms with Crippen LogP contribution in [-0.4, -0.2) is 43.9 Å². The van der Waals surface area contributed by atoms with Gasteiger partial charge in [0.2, 0.25) is 0 Å². The van der Waals surface area contributed by atoms with Gasteiger partial charge in [-0.05, 0) is 17.7 Å². The van der Waals surface area contributed by atoms with Crippen molar-refractivity contribution < 1.29 is 9.53 Å². The van der Waals surface area contributed by atoms with E-state index in [4.69, 9.17) is 4.74 Å². The molecule has 4 rings (SSSR count). The largest absolute Gasteiger partial charge is 0.370 e. The highest BCUT2D eigenvalue weighted by atomic mass is 16.5. The molecule has 0 atom stereocenters. The highest BCUT2D eigenvalue weighted by molar-refractivity contribution is 5.94. The van der Waals surface area contributed by atoms with E-state index in [0.29, 0.717) is 31.9 Å². The van der Waals surface area contributed by atoms with Crippen molar-refractivity contribution in [1.29, 1.82) is 0 Å². The number of carbonyl (C=O) groups excluding carboxylic acids is 1. The summed E-state index contributed by atoms with van der Waals surface area (Å²) in [5.41, 5.74) is 2.58. The molecule has 3 heterocycles. The zero-order valence-corrected chi connectivity index (χ0v) is 14.2. The molecule has 0 spiro atoms. The lowest BCUT2D eigenvalue weighted by molar-refractivity contribution is 0.0498. The van der Waals surface area contributed by atoms with E-state index in [1.54, 1.807) is 29.4 Å². The van der Waals surface area contributed by atoms with E-state index in [-0.39, 0.29) is 11.9 Å².